The molecule has 0 heteroatoms. The average molecular weight is 171 g/mol. The molecule has 0 N–H and O–H groups in total. The van der Waals surface area contributed by atoms with Crippen LogP contribution >= 0.6 is 0 Å². The summed E-state index contributed by atoms with van der Waals surface area (Å²) in [5.74, 6) is 0. The lowest BCUT2D eigenvalue weighted by molar-refractivity contribution is 1.02. The van der Waals surface area contributed by atoms with E-state index in [2.05, 4.69) is 30.4 Å². The molecule has 0 saturated carbocycles. The highest BCUT2D eigenvalue weighted by atomic mass is 13.8. The molecule has 1 radical (unpaired) electrons. The van der Waals surface area contributed by atoms with Gasteiger partial charge in [0, 0.05) is 0 Å². The largest absolute Gasteiger partial charge is 0.0879 e. The number of hydrogen-bond acceptors (Lipinski definition) is 0. The van der Waals surface area contributed by atoms with Crippen LogP contribution in [0.5, 0.6) is 0 Å². The van der Waals surface area contributed by atoms with E-state index in [1.807, 2.05) is 30.4 Å². The SMILES string of the molecule is [C]1=C/C=C\C=C\C=C\C/C=C\CC/1. The molecule has 0 saturated heterocycles. The number of allylic oxidation sites excluding steroid dienone is 10. The molecule has 0 nitrogen and oxygen atoms in total. The summed E-state index contributed by atoms with van der Waals surface area (Å²) in [5.41, 5.74) is 0. The first-order chi connectivity index (χ1) is 6.50. The summed E-state index contributed by atoms with van der Waals surface area (Å²) in [6, 6.07) is 0. The lowest BCUT2D eigenvalue weighted by Gasteiger charge is -1.84. The molecule has 0 unspecified atom stereocenters. The van der Waals surface area contributed by atoms with Gasteiger partial charge in [-0.25, -0.2) is 0 Å². The first kappa shape index (κ1) is 9.79. The first-order valence-electron chi connectivity index (χ1n) is 4.70. The third-order valence-electron chi connectivity index (χ3n) is 1.69. The summed E-state index contributed by atoms with van der Waals surface area (Å²) in [5, 5.41) is 0. The summed E-state index contributed by atoms with van der Waals surface area (Å²) in [7, 11) is 0. The van der Waals surface area contributed by atoms with Gasteiger partial charge in [0.15, 0.2) is 0 Å². The molecule has 1 rings (SSSR count). The van der Waals surface area contributed by atoms with Crippen molar-refractivity contribution in [2.45, 2.75) is 19.3 Å². The summed E-state index contributed by atoms with van der Waals surface area (Å²) in [6.07, 6.45) is 25.0. The lowest BCUT2D eigenvalue weighted by atomic mass is 10.2. The van der Waals surface area contributed by atoms with Gasteiger partial charge in [-0.2, -0.15) is 0 Å². The second kappa shape index (κ2) is 7.35. The van der Waals surface area contributed by atoms with E-state index in [1.54, 1.807) is 0 Å². The third kappa shape index (κ3) is 5.92. The molecule has 0 aromatic heterocycles. The molecular weight excluding hydrogens is 156 g/mol. The molecule has 0 fully saturated rings. The van der Waals surface area contributed by atoms with Crippen molar-refractivity contribution in [2.75, 3.05) is 0 Å². The normalized spacial score (nSPS) is 30.2. The molecule has 13 heavy (non-hydrogen) atoms. The monoisotopic (exact) mass is 171 g/mol. The van der Waals surface area contributed by atoms with E-state index < -0.39 is 0 Å². The van der Waals surface area contributed by atoms with Crippen molar-refractivity contribution in [2.24, 2.45) is 0 Å². The van der Waals surface area contributed by atoms with Crippen molar-refractivity contribution in [1.82, 2.24) is 0 Å². The van der Waals surface area contributed by atoms with Crippen LogP contribution in [-0.2, 0) is 0 Å². The zero-order valence-electron chi connectivity index (χ0n) is 7.82. The second-order valence-electron chi connectivity index (χ2n) is 2.81. The van der Waals surface area contributed by atoms with Crippen LogP contribution in [0.4, 0.5) is 0 Å². The van der Waals surface area contributed by atoms with E-state index in [4.69, 9.17) is 0 Å². The predicted octanol–water partition coefficient (Wildman–Crippen LogP) is 3.75. The number of hydrogen-bond donors (Lipinski definition) is 0. The highest BCUT2D eigenvalue weighted by Gasteiger charge is 1.76. The summed E-state index contributed by atoms with van der Waals surface area (Å²) < 4.78 is 0. The zero-order chi connectivity index (χ0) is 9.19. The van der Waals surface area contributed by atoms with Crippen molar-refractivity contribution >= 4 is 0 Å². The van der Waals surface area contributed by atoms with Gasteiger partial charge in [0.2, 0.25) is 0 Å². The summed E-state index contributed by atoms with van der Waals surface area (Å²) in [6.45, 7) is 0. The third-order valence-corrected chi connectivity index (χ3v) is 1.69. The van der Waals surface area contributed by atoms with Gasteiger partial charge in [0.1, 0.15) is 0 Å². The molecule has 67 valence electrons. The van der Waals surface area contributed by atoms with Gasteiger partial charge < -0.3 is 0 Å². The Morgan fingerprint density at radius 1 is 0.769 bits per heavy atom. The first-order valence-corrected chi connectivity index (χ1v) is 4.70. The molecule has 0 aliphatic heterocycles. The fourth-order valence-corrected chi connectivity index (χ4v) is 1.02. The fraction of sp³-hybridized carbons (Fsp3) is 0.231. The quantitative estimate of drug-likeness (QED) is 0.487. The zero-order valence-corrected chi connectivity index (χ0v) is 7.82. The Morgan fingerprint density at radius 2 is 1.62 bits per heavy atom. The van der Waals surface area contributed by atoms with Crippen molar-refractivity contribution in [1.29, 1.82) is 0 Å². The Labute approximate surface area is 80.7 Å². The lowest BCUT2D eigenvalue weighted by Crippen LogP contribution is -1.65. The van der Waals surface area contributed by atoms with E-state index in [0.717, 1.165) is 19.3 Å². The molecule has 1 aliphatic rings. The second-order valence-corrected chi connectivity index (χ2v) is 2.81. The van der Waals surface area contributed by atoms with Gasteiger partial charge in [-0.05, 0) is 25.3 Å². The van der Waals surface area contributed by atoms with Crippen LogP contribution in [0.25, 0.3) is 0 Å². The van der Waals surface area contributed by atoms with Crippen LogP contribution < -0.4 is 0 Å². The summed E-state index contributed by atoms with van der Waals surface area (Å²) in [4.78, 5) is 0. The van der Waals surface area contributed by atoms with E-state index in [0.29, 0.717) is 0 Å². The van der Waals surface area contributed by atoms with Gasteiger partial charge in [-0.15, -0.1) is 0 Å². The Kier molecular flexibility index (Phi) is 5.54. The molecular formula is C13H15. The molecule has 0 amide bonds. The Bertz CT molecular complexity index is 249. The van der Waals surface area contributed by atoms with Crippen molar-refractivity contribution in [3.63, 3.8) is 0 Å². The molecule has 0 atom stereocenters. The minimum Gasteiger partial charge on any atom is -0.0879 e. The highest BCUT2D eigenvalue weighted by molar-refractivity contribution is 5.15. The van der Waals surface area contributed by atoms with E-state index in [1.165, 1.54) is 0 Å². The van der Waals surface area contributed by atoms with E-state index in [9.17, 15) is 0 Å². The van der Waals surface area contributed by atoms with Gasteiger partial charge in [-0.1, -0.05) is 54.7 Å². The van der Waals surface area contributed by atoms with Crippen molar-refractivity contribution in [3.05, 3.63) is 60.8 Å². The topological polar surface area (TPSA) is 0 Å². The van der Waals surface area contributed by atoms with Crippen molar-refractivity contribution < 1.29 is 0 Å². The van der Waals surface area contributed by atoms with Crippen LogP contribution in [0.15, 0.2) is 54.7 Å². The smallest absolute Gasteiger partial charge is 0.0166 e. The Morgan fingerprint density at radius 3 is 2.62 bits per heavy atom. The minimum atomic E-state index is 1.01. The maximum Gasteiger partial charge on any atom is -0.0166 e. The van der Waals surface area contributed by atoms with E-state index in [-0.39, 0.29) is 0 Å². The Hall–Kier alpha value is -1.30. The fourth-order valence-electron chi connectivity index (χ4n) is 1.02. The van der Waals surface area contributed by atoms with Gasteiger partial charge in [0.25, 0.3) is 0 Å². The average Bonchev–Trinajstić information content (AvgIpc) is 2.18. The summed E-state index contributed by atoms with van der Waals surface area (Å²) >= 11 is 0. The van der Waals surface area contributed by atoms with E-state index >= 15 is 0 Å². The number of rotatable bonds is 0. The van der Waals surface area contributed by atoms with Crippen LogP contribution in [0.2, 0.25) is 0 Å². The molecule has 0 heterocycles. The molecule has 1 aliphatic carbocycles. The predicted molar refractivity (Wildman–Crippen MR) is 58.2 cm³/mol. The van der Waals surface area contributed by atoms with Crippen LogP contribution in [0.1, 0.15) is 19.3 Å². The van der Waals surface area contributed by atoms with Gasteiger partial charge in [-0.3, -0.25) is 0 Å². The van der Waals surface area contributed by atoms with Gasteiger partial charge >= 0.3 is 0 Å². The van der Waals surface area contributed by atoms with Crippen LogP contribution in [0, 0.1) is 6.08 Å². The molecule has 0 spiro atoms. The molecule has 0 aromatic carbocycles. The molecule has 0 aromatic rings. The van der Waals surface area contributed by atoms with Crippen LogP contribution in [0.3, 0.4) is 0 Å². The molecule has 0 bridgehead atoms. The maximum absolute atomic E-state index is 3.21. The minimum absolute atomic E-state index is 1.01. The van der Waals surface area contributed by atoms with Crippen molar-refractivity contribution in [3.8, 4) is 0 Å². The van der Waals surface area contributed by atoms with Gasteiger partial charge in [0.05, 0.1) is 0 Å². The Balaban J connectivity index is 2.50. The highest BCUT2D eigenvalue weighted by Crippen LogP contribution is 1.96. The van der Waals surface area contributed by atoms with Crippen LogP contribution in [-0.4, -0.2) is 0 Å². The standard InChI is InChI=1S/C13H15/c1-2-4-6-8-10-12-13-11-9-7-5-3-1/h1-7,10,12H,8,11,13H2/b2-1+,5-3-,6-4+,9-7?,12-10-. The maximum atomic E-state index is 3.21.